The highest BCUT2D eigenvalue weighted by Crippen LogP contribution is 2.45. The first-order valence-corrected chi connectivity index (χ1v) is 14.2. The van der Waals surface area contributed by atoms with Gasteiger partial charge in [-0.3, -0.25) is 0 Å². The van der Waals surface area contributed by atoms with Crippen molar-refractivity contribution in [3.05, 3.63) is 145 Å². The van der Waals surface area contributed by atoms with Crippen LogP contribution < -0.4 is 0 Å². The molecule has 0 bridgehead atoms. The molecule has 216 valence electrons. The van der Waals surface area contributed by atoms with Gasteiger partial charge in [0.1, 0.15) is 0 Å². The second-order valence-electron chi connectivity index (χ2n) is 11.2. The second kappa shape index (κ2) is 10.3. The van der Waals surface area contributed by atoms with E-state index in [9.17, 15) is 22.0 Å². The van der Waals surface area contributed by atoms with Crippen LogP contribution in [0.25, 0.3) is 65.7 Å². The molecule has 0 aliphatic rings. The van der Waals surface area contributed by atoms with Crippen LogP contribution in [-0.2, 0) is 12.1 Å². The van der Waals surface area contributed by atoms with E-state index in [2.05, 4.69) is 30.3 Å². The Bertz CT molecular complexity index is 2170. The van der Waals surface area contributed by atoms with E-state index in [-0.39, 0.29) is 5.56 Å². The minimum atomic E-state index is -4.45. The van der Waals surface area contributed by atoms with Gasteiger partial charge in [0.15, 0.2) is 0 Å². The molecule has 7 aromatic rings. The summed E-state index contributed by atoms with van der Waals surface area (Å²) in [6.45, 7) is 0.869. The van der Waals surface area contributed by atoms with Crippen molar-refractivity contribution in [3.8, 4) is 33.4 Å². The summed E-state index contributed by atoms with van der Waals surface area (Å²) in [7, 11) is 0. The Kier molecular flexibility index (Phi) is 6.51. The number of benzene rings is 7. The first-order chi connectivity index (χ1) is 21.1. The zero-order valence-corrected chi connectivity index (χ0v) is 23.6. The summed E-state index contributed by atoms with van der Waals surface area (Å²) in [6.07, 6.45) is -4.45. The number of fused-ring (bicyclic) bond motifs is 3. The van der Waals surface area contributed by atoms with E-state index in [0.717, 1.165) is 79.2 Å². The second-order valence-corrected chi connectivity index (χ2v) is 11.2. The quantitative estimate of drug-likeness (QED) is 0.142. The minimum Gasteiger partial charge on any atom is -0.202 e. The van der Waals surface area contributed by atoms with Gasteiger partial charge in [-0.15, -0.1) is 0 Å². The lowest BCUT2D eigenvalue weighted by Gasteiger charge is -2.19. The van der Waals surface area contributed by atoms with Gasteiger partial charge < -0.3 is 0 Å². The van der Waals surface area contributed by atoms with Crippen molar-refractivity contribution in [3.63, 3.8) is 0 Å². The van der Waals surface area contributed by atoms with Crippen molar-refractivity contribution in [2.24, 2.45) is 0 Å². The predicted octanol–water partition coefficient (Wildman–Crippen LogP) is 12.3. The molecule has 0 fully saturated rings. The third kappa shape index (κ3) is 4.88. The molecular weight excluding hydrogens is 563 g/mol. The molecule has 5 heteroatoms. The molecule has 44 heavy (non-hydrogen) atoms. The molecule has 0 saturated heterocycles. The largest absolute Gasteiger partial charge is 0.416 e. The molecule has 0 nitrogen and oxygen atoms in total. The smallest absolute Gasteiger partial charge is 0.202 e. The Balaban J connectivity index is 1.54. The number of halogens is 5. The van der Waals surface area contributed by atoms with Gasteiger partial charge in [-0.05, 0) is 90.0 Å². The van der Waals surface area contributed by atoms with Crippen molar-refractivity contribution in [1.29, 1.82) is 0 Å². The zero-order chi connectivity index (χ0) is 30.6. The average molecular weight is 589 g/mol. The van der Waals surface area contributed by atoms with E-state index in [1.54, 1.807) is 12.1 Å². The number of alkyl halides is 5. The molecule has 0 aliphatic heterocycles. The molecule has 0 saturated carbocycles. The highest BCUT2D eigenvalue weighted by molar-refractivity contribution is 6.22. The van der Waals surface area contributed by atoms with E-state index in [1.165, 1.54) is 24.3 Å². The van der Waals surface area contributed by atoms with Crippen LogP contribution in [0.2, 0.25) is 0 Å². The first kappa shape index (κ1) is 27.8. The van der Waals surface area contributed by atoms with Gasteiger partial charge in [0.05, 0.1) is 5.56 Å². The standard InChI is InChI=1S/C39H25F5/c1-38(40,41)30-17-12-25(13-18-30)28-16-21-34-35(23-28)36(26-14-19-31(20-15-26)39(42,43)44)32-8-4-5-9-33(32)37(34)29-11-10-24-6-2-3-7-27(24)22-29/h2-23H,1H3. The third-order valence-corrected chi connectivity index (χ3v) is 8.29. The van der Waals surface area contributed by atoms with E-state index >= 15 is 0 Å². The van der Waals surface area contributed by atoms with Gasteiger partial charge in [0.25, 0.3) is 5.92 Å². The van der Waals surface area contributed by atoms with Crippen molar-refractivity contribution in [1.82, 2.24) is 0 Å². The molecule has 7 rings (SSSR count). The fourth-order valence-corrected chi connectivity index (χ4v) is 6.11. The Labute approximate surface area is 251 Å². The summed E-state index contributed by atoms with van der Waals surface area (Å²) in [4.78, 5) is 0. The van der Waals surface area contributed by atoms with Gasteiger partial charge in [-0.25, -0.2) is 8.78 Å². The molecule has 0 unspecified atom stereocenters. The number of rotatable bonds is 4. The zero-order valence-electron chi connectivity index (χ0n) is 23.6. The fourth-order valence-electron chi connectivity index (χ4n) is 6.11. The molecule has 7 aromatic carbocycles. The van der Waals surface area contributed by atoms with E-state index < -0.39 is 17.7 Å². The van der Waals surface area contributed by atoms with Crippen LogP contribution in [0, 0.1) is 0 Å². The van der Waals surface area contributed by atoms with E-state index in [4.69, 9.17) is 0 Å². The molecule has 0 radical (unpaired) electrons. The maximum atomic E-state index is 13.9. The van der Waals surface area contributed by atoms with Gasteiger partial charge in [-0.1, -0.05) is 109 Å². The lowest BCUT2D eigenvalue weighted by Crippen LogP contribution is -2.06. The van der Waals surface area contributed by atoms with Crippen molar-refractivity contribution < 1.29 is 22.0 Å². The topological polar surface area (TPSA) is 0 Å². The average Bonchev–Trinajstić information content (AvgIpc) is 3.02. The van der Waals surface area contributed by atoms with Crippen LogP contribution >= 0.6 is 0 Å². The summed E-state index contributed by atoms with van der Waals surface area (Å²) in [5, 5.41) is 5.89. The van der Waals surface area contributed by atoms with E-state index in [1.807, 2.05) is 54.6 Å². The highest BCUT2D eigenvalue weighted by atomic mass is 19.4. The maximum absolute atomic E-state index is 13.9. The van der Waals surface area contributed by atoms with E-state index in [0.29, 0.717) is 5.56 Å². The normalized spacial score (nSPS) is 12.3. The lowest BCUT2D eigenvalue weighted by atomic mass is 9.84. The van der Waals surface area contributed by atoms with Gasteiger partial charge >= 0.3 is 6.18 Å². The molecule has 0 aromatic heterocycles. The fraction of sp³-hybridized carbons (Fsp3) is 0.0769. The predicted molar refractivity (Wildman–Crippen MR) is 170 cm³/mol. The summed E-state index contributed by atoms with van der Waals surface area (Å²) in [5.41, 5.74) is 4.30. The van der Waals surface area contributed by atoms with Crippen LogP contribution in [0.15, 0.2) is 133 Å². The lowest BCUT2D eigenvalue weighted by molar-refractivity contribution is -0.137. The SMILES string of the molecule is CC(F)(F)c1ccc(-c2ccc3c(-c4ccc5ccccc5c4)c4ccccc4c(-c4ccc(C(F)(F)F)cc4)c3c2)cc1. The Morgan fingerprint density at radius 2 is 0.886 bits per heavy atom. The first-order valence-electron chi connectivity index (χ1n) is 14.2. The summed E-state index contributed by atoms with van der Waals surface area (Å²) in [5.74, 6) is -2.95. The van der Waals surface area contributed by atoms with Gasteiger partial charge in [0, 0.05) is 12.5 Å². The van der Waals surface area contributed by atoms with Crippen LogP contribution in [0.4, 0.5) is 22.0 Å². The monoisotopic (exact) mass is 588 g/mol. The Hall–Kier alpha value is -5.03. The maximum Gasteiger partial charge on any atom is 0.416 e. The molecular formula is C39H25F5. The summed E-state index contributed by atoms with van der Waals surface area (Å²) >= 11 is 0. The summed E-state index contributed by atoms with van der Waals surface area (Å²) in [6, 6.07) is 39.9. The minimum absolute atomic E-state index is 0.0722. The molecule has 0 spiro atoms. The van der Waals surface area contributed by atoms with Crippen LogP contribution in [0.1, 0.15) is 18.1 Å². The molecule has 0 amide bonds. The van der Waals surface area contributed by atoms with Crippen molar-refractivity contribution in [2.75, 3.05) is 0 Å². The molecule has 0 heterocycles. The molecule has 0 aliphatic carbocycles. The number of hydrogen-bond acceptors (Lipinski definition) is 0. The van der Waals surface area contributed by atoms with Crippen LogP contribution in [0.5, 0.6) is 0 Å². The van der Waals surface area contributed by atoms with Gasteiger partial charge in [-0.2, -0.15) is 13.2 Å². The van der Waals surface area contributed by atoms with Crippen LogP contribution in [0.3, 0.4) is 0 Å². The Morgan fingerprint density at radius 1 is 0.386 bits per heavy atom. The van der Waals surface area contributed by atoms with Crippen molar-refractivity contribution in [2.45, 2.75) is 19.0 Å². The number of hydrogen-bond donors (Lipinski definition) is 0. The van der Waals surface area contributed by atoms with Crippen LogP contribution in [-0.4, -0.2) is 0 Å². The third-order valence-electron chi connectivity index (χ3n) is 8.29. The molecule has 0 N–H and O–H groups in total. The van der Waals surface area contributed by atoms with Gasteiger partial charge in [0.2, 0.25) is 0 Å². The van der Waals surface area contributed by atoms with Crippen molar-refractivity contribution >= 4 is 32.3 Å². The highest BCUT2D eigenvalue weighted by Gasteiger charge is 2.30. The Morgan fingerprint density at radius 3 is 1.52 bits per heavy atom. The summed E-state index contributed by atoms with van der Waals surface area (Å²) < 4.78 is 68.3. The molecule has 0 atom stereocenters.